The maximum absolute atomic E-state index is 14.3. The summed E-state index contributed by atoms with van der Waals surface area (Å²) in [4.78, 5) is 28.5. The highest BCUT2D eigenvalue weighted by Gasteiger charge is 2.30. The number of anilines is 1. The number of nitrogens with one attached hydrogen (secondary N) is 1. The molecule has 0 bridgehead atoms. The number of nitrogens with zero attached hydrogens (tertiary/aromatic N) is 5. The van der Waals surface area contributed by atoms with Crippen molar-refractivity contribution in [3.05, 3.63) is 47.7 Å². The van der Waals surface area contributed by atoms with Gasteiger partial charge in [0.15, 0.2) is 0 Å². The van der Waals surface area contributed by atoms with E-state index < -0.39 is 24.5 Å². The number of amides is 1. The maximum Gasteiger partial charge on any atom is 0.253 e. The zero-order chi connectivity index (χ0) is 26.8. The number of pyridine rings is 1. The van der Waals surface area contributed by atoms with Gasteiger partial charge in [0, 0.05) is 55.3 Å². The molecule has 2 fully saturated rings. The molecule has 5 heterocycles. The van der Waals surface area contributed by atoms with Crippen LogP contribution >= 0.6 is 0 Å². The molecule has 38 heavy (non-hydrogen) atoms. The SMILES string of the molecule is CCC(C)n1cc(C(=O)N[C@H]2CCOC[C@H]2F)c2cnc(Cc3ccnc(N4CC[C@@H](O)[C@@H](F)C4)n3)cc21. The topological polar surface area (TPSA) is 105 Å². The molecule has 2 saturated heterocycles. The number of piperidine rings is 1. The van der Waals surface area contributed by atoms with Crippen LogP contribution in [0.2, 0.25) is 0 Å². The molecular formula is C27H34F2N6O3. The Balaban J connectivity index is 1.40. The highest BCUT2D eigenvalue weighted by molar-refractivity contribution is 6.07. The van der Waals surface area contributed by atoms with E-state index in [1.54, 1.807) is 23.4 Å². The van der Waals surface area contributed by atoms with Gasteiger partial charge in [0.2, 0.25) is 5.95 Å². The van der Waals surface area contributed by atoms with Gasteiger partial charge in [-0.3, -0.25) is 9.78 Å². The van der Waals surface area contributed by atoms with Gasteiger partial charge >= 0.3 is 0 Å². The van der Waals surface area contributed by atoms with Gasteiger partial charge in [-0.2, -0.15) is 0 Å². The highest BCUT2D eigenvalue weighted by atomic mass is 19.1. The number of hydrogen-bond donors (Lipinski definition) is 2. The number of alkyl halides is 2. The van der Waals surface area contributed by atoms with Crippen LogP contribution in [-0.4, -0.2) is 81.3 Å². The largest absolute Gasteiger partial charge is 0.390 e. The molecule has 2 N–H and O–H groups in total. The van der Waals surface area contributed by atoms with Gasteiger partial charge in [-0.25, -0.2) is 18.7 Å². The minimum absolute atomic E-state index is 0.0106. The second-order valence-corrected chi connectivity index (χ2v) is 10.2. The van der Waals surface area contributed by atoms with Crippen LogP contribution < -0.4 is 10.2 Å². The second kappa shape index (κ2) is 11.3. The number of aromatic nitrogens is 4. The Morgan fingerprint density at radius 1 is 1.26 bits per heavy atom. The number of carbonyl (C=O) groups excluding carboxylic acids is 1. The molecule has 1 unspecified atom stereocenters. The smallest absolute Gasteiger partial charge is 0.253 e. The van der Waals surface area contributed by atoms with Crippen molar-refractivity contribution in [2.75, 3.05) is 31.2 Å². The number of aliphatic hydroxyl groups is 1. The van der Waals surface area contributed by atoms with Crippen molar-refractivity contribution in [1.82, 2.24) is 24.8 Å². The van der Waals surface area contributed by atoms with E-state index in [0.717, 1.165) is 23.3 Å². The monoisotopic (exact) mass is 528 g/mol. The Morgan fingerprint density at radius 2 is 2.11 bits per heavy atom. The highest BCUT2D eigenvalue weighted by Crippen LogP contribution is 2.28. The lowest BCUT2D eigenvalue weighted by Crippen LogP contribution is -2.46. The second-order valence-electron chi connectivity index (χ2n) is 10.2. The van der Waals surface area contributed by atoms with Crippen molar-refractivity contribution >= 4 is 22.8 Å². The molecule has 2 aliphatic heterocycles. The predicted octanol–water partition coefficient (Wildman–Crippen LogP) is 3.15. The molecule has 5 atom stereocenters. The van der Waals surface area contributed by atoms with Gasteiger partial charge in [-0.15, -0.1) is 0 Å². The zero-order valence-corrected chi connectivity index (χ0v) is 21.7. The molecule has 3 aromatic heterocycles. The number of fused-ring (bicyclic) bond motifs is 1. The molecule has 0 radical (unpaired) electrons. The van der Waals surface area contributed by atoms with E-state index in [0.29, 0.717) is 49.3 Å². The quantitative estimate of drug-likeness (QED) is 0.485. The standard InChI is InChI=1S/C27H34F2N6O3/c1-3-16(2)35-13-20(26(37)33-23-6-9-38-15-22(23)29)19-12-31-18(11-24(19)35)10-17-4-7-30-27(32-17)34-8-5-25(36)21(28)14-34/h4,7,11-13,16,21-23,25,36H,3,5-6,8-10,14-15H2,1-2H3,(H,33,37)/t16?,21-,22+,23-,25+/m0/s1. The minimum atomic E-state index is -1.33. The lowest BCUT2D eigenvalue weighted by atomic mass is 10.1. The Kier molecular flexibility index (Phi) is 7.85. The summed E-state index contributed by atoms with van der Waals surface area (Å²) in [6, 6.07) is 3.32. The number of aliphatic hydroxyl groups excluding tert-OH is 1. The average molecular weight is 529 g/mol. The fourth-order valence-corrected chi connectivity index (χ4v) is 5.03. The summed E-state index contributed by atoms with van der Waals surface area (Å²) in [7, 11) is 0. The molecule has 9 nitrogen and oxygen atoms in total. The van der Waals surface area contributed by atoms with Crippen LogP contribution in [-0.2, 0) is 11.2 Å². The van der Waals surface area contributed by atoms with Gasteiger partial charge in [0.1, 0.15) is 12.3 Å². The normalized spacial score (nSPS) is 24.9. The van der Waals surface area contributed by atoms with Crippen LogP contribution in [0.4, 0.5) is 14.7 Å². The lowest BCUT2D eigenvalue weighted by Gasteiger charge is -2.32. The van der Waals surface area contributed by atoms with E-state index in [-0.39, 0.29) is 25.1 Å². The first kappa shape index (κ1) is 26.4. The van der Waals surface area contributed by atoms with Crippen molar-refractivity contribution in [3.63, 3.8) is 0 Å². The summed E-state index contributed by atoms with van der Waals surface area (Å²) >= 11 is 0. The third kappa shape index (κ3) is 5.49. The van der Waals surface area contributed by atoms with Crippen LogP contribution in [0, 0.1) is 0 Å². The van der Waals surface area contributed by atoms with Crippen LogP contribution in [0.3, 0.4) is 0 Å². The fraction of sp³-hybridized carbons (Fsp3) is 0.556. The van der Waals surface area contributed by atoms with Crippen molar-refractivity contribution in [1.29, 1.82) is 0 Å². The molecule has 5 rings (SSSR count). The Bertz CT molecular complexity index is 1290. The molecular weight excluding hydrogens is 494 g/mol. The molecule has 1 amide bonds. The van der Waals surface area contributed by atoms with Crippen LogP contribution in [0.25, 0.3) is 10.9 Å². The number of halogens is 2. The Labute approximate surface area is 220 Å². The predicted molar refractivity (Wildman–Crippen MR) is 139 cm³/mol. The number of rotatable bonds is 7. The van der Waals surface area contributed by atoms with Crippen molar-refractivity contribution in [3.8, 4) is 0 Å². The van der Waals surface area contributed by atoms with Crippen LogP contribution in [0.5, 0.6) is 0 Å². The summed E-state index contributed by atoms with van der Waals surface area (Å²) in [6.45, 7) is 5.12. The molecule has 0 saturated carbocycles. The van der Waals surface area contributed by atoms with Crippen molar-refractivity contribution in [2.45, 2.75) is 70.1 Å². The van der Waals surface area contributed by atoms with E-state index in [4.69, 9.17) is 4.74 Å². The van der Waals surface area contributed by atoms with E-state index >= 15 is 0 Å². The maximum atomic E-state index is 14.3. The van der Waals surface area contributed by atoms with Gasteiger partial charge < -0.3 is 24.6 Å². The van der Waals surface area contributed by atoms with Crippen molar-refractivity contribution in [2.24, 2.45) is 0 Å². The van der Waals surface area contributed by atoms with Crippen LogP contribution in [0.1, 0.15) is 60.9 Å². The average Bonchev–Trinajstić information content (AvgIpc) is 3.30. The van der Waals surface area contributed by atoms with E-state index in [1.165, 1.54) is 0 Å². The molecule has 0 spiro atoms. The molecule has 0 aromatic carbocycles. The third-order valence-electron chi connectivity index (χ3n) is 7.54. The molecule has 0 aliphatic carbocycles. The van der Waals surface area contributed by atoms with Gasteiger partial charge in [0.25, 0.3) is 5.91 Å². The molecule has 3 aromatic rings. The first-order valence-corrected chi connectivity index (χ1v) is 13.2. The van der Waals surface area contributed by atoms with Crippen molar-refractivity contribution < 1.29 is 23.4 Å². The Hall–Kier alpha value is -3.18. The number of carbonyl (C=O) groups is 1. The zero-order valence-electron chi connectivity index (χ0n) is 21.7. The summed E-state index contributed by atoms with van der Waals surface area (Å²) in [5.74, 6) is 0.110. The first-order valence-electron chi connectivity index (χ1n) is 13.2. The van der Waals surface area contributed by atoms with E-state index in [9.17, 15) is 18.7 Å². The van der Waals surface area contributed by atoms with Gasteiger partial charge in [-0.1, -0.05) is 6.92 Å². The van der Waals surface area contributed by atoms with E-state index in [2.05, 4.69) is 38.7 Å². The summed E-state index contributed by atoms with van der Waals surface area (Å²) in [6.07, 6.45) is 3.71. The number of ether oxygens (including phenoxy) is 1. The van der Waals surface area contributed by atoms with E-state index in [1.807, 2.05) is 12.3 Å². The van der Waals surface area contributed by atoms with Gasteiger partial charge in [0.05, 0.1) is 42.1 Å². The van der Waals surface area contributed by atoms with Crippen LogP contribution in [0.15, 0.2) is 30.7 Å². The Morgan fingerprint density at radius 3 is 2.87 bits per heavy atom. The molecule has 204 valence electrons. The third-order valence-corrected chi connectivity index (χ3v) is 7.54. The summed E-state index contributed by atoms with van der Waals surface area (Å²) in [5, 5.41) is 13.2. The number of hydrogen-bond acceptors (Lipinski definition) is 7. The lowest BCUT2D eigenvalue weighted by molar-refractivity contribution is 0.0142. The fourth-order valence-electron chi connectivity index (χ4n) is 5.03. The first-order chi connectivity index (χ1) is 18.3. The summed E-state index contributed by atoms with van der Waals surface area (Å²) in [5.41, 5.74) is 2.84. The summed E-state index contributed by atoms with van der Waals surface area (Å²) < 4.78 is 35.5. The molecule has 11 heteroatoms. The minimum Gasteiger partial charge on any atom is -0.390 e. The van der Waals surface area contributed by atoms with Gasteiger partial charge in [-0.05, 0) is 38.3 Å². The molecule has 2 aliphatic rings.